The summed E-state index contributed by atoms with van der Waals surface area (Å²) in [5.74, 6) is 1.05. The quantitative estimate of drug-likeness (QED) is 0.604. The highest BCUT2D eigenvalue weighted by Crippen LogP contribution is 2.33. The number of benzene rings is 1. The molecule has 0 N–H and O–H groups in total. The van der Waals surface area contributed by atoms with E-state index in [9.17, 15) is 10.1 Å². The third-order valence-electron chi connectivity index (χ3n) is 3.51. The van der Waals surface area contributed by atoms with Crippen LogP contribution in [0.2, 0.25) is 0 Å². The van der Waals surface area contributed by atoms with Crippen LogP contribution in [-0.2, 0) is 0 Å². The monoisotopic (exact) mass is 259 g/mol. The third kappa shape index (κ3) is 2.84. The van der Waals surface area contributed by atoms with E-state index in [4.69, 9.17) is 5.26 Å². The van der Waals surface area contributed by atoms with E-state index in [-0.39, 0.29) is 5.69 Å². The second-order valence-electron chi connectivity index (χ2n) is 5.42. The molecule has 1 heterocycles. The summed E-state index contributed by atoms with van der Waals surface area (Å²) in [6, 6.07) is 6.65. The number of piperidine rings is 1. The molecule has 0 amide bonds. The minimum Gasteiger partial charge on any atom is -0.365 e. The first-order valence-electron chi connectivity index (χ1n) is 6.44. The van der Waals surface area contributed by atoms with E-state index in [2.05, 4.69) is 18.7 Å². The van der Waals surface area contributed by atoms with Crippen LogP contribution in [0.1, 0.15) is 25.8 Å². The molecule has 5 heteroatoms. The summed E-state index contributed by atoms with van der Waals surface area (Å²) in [6.45, 7) is 5.99. The van der Waals surface area contributed by atoms with Gasteiger partial charge in [0.15, 0.2) is 0 Å². The molecule has 0 bridgehead atoms. The smallest absolute Gasteiger partial charge is 0.293 e. The van der Waals surface area contributed by atoms with Gasteiger partial charge in [-0.2, -0.15) is 5.26 Å². The van der Waals surface area contributed by atoms with E-state index >= 15 is 0 Å². The van der Waals surface area contributed by atoms with Crippen molar-refractivity contribution in [3.05, 3.63) is 33.9 Å². The first-order valence-corrected chi connectivity index (χ1v) is 6.44. The summed E-state index contributed by atoms with van der Waals surface area (Å²) in [5.41, 5.74) is 0.983. The van der Waals surface area contributed by atoms with Crippen molar-refractivity contribution in [2.75, 3.05) is 18.0 Å². The molecular formula is C14H17N3O2. The molecular weight excluding hydrogens is 242 g/mol. The van der Waals surface area contributed by atoms with Crippen molar-refractivity contribution in [1.82, 2.24) is 0 Å². The van der Waals surface area contributed by atoms with E-state index in [1.165, 1.54) is 6.07 Å². The SMILES string of the molecule is C[C@@H]1C[C@@H](C)CN(c2ccc(C#N)cc2[N+](=O)[O-])C1. The van der Waals surface area contributed by atoms with Crippen molar-refractivity contribution in [3.8, 4) is 6.07 Å². The molecule has 1 aliphatic rings. The zero-order valence-corrected chi connectivity index (χ0v) is 11.2. The van der Waals surface area contributed by atoms with E-state index in [1.807, 2.05) is 6.07 Å². The Hall–Kier alpha value is -2.09. The van der Waals surface area contributed by atoms with Crippen molar-refractivity contribution in [1.29, 1.82) is 5.26 Å². The van der Waals surface area contributed by atoms with E-state index in [1.54, 1.807) is 12.1 Å². The topological polar surface area (TPSA) is 70.2 Å². The molecule has 0 unspecified atom stereocenters. The lowest BCUT2D eigenvalue weighted by molar-refractivity contribution is -0.384. The number of hydrogen-bond donors (Lipinski definition) is 0. The fourth-order valence-corrected chi connectivity index (χ4v) is 2.87. The zero-order chi connectivity index (χ0) is 14.0. The molecule has 1 saturated heterocycles. The number of anilines is 1. The maximum atomic E-state index is 11.2. The summed E-state index contributed by atoms with van der Waals surface area (Å²) in [6.07, 6.45) is 1.15. The first kappa shape index (κ1) is 13.3. The molecule has 0 saturated carbocycles. The third-order valence-corrected chi connectivity index (χ3v) is 3.51. The van der Waals surface area contributed by atoms with Crippen LogP contribution >= 0.6 is 0 Å². The van der Waals surface area contributed by atoms with Gasteiger partial charge in [-0.15, -0.1) is 0 Å². The zero-order valence-electron chi connectivity index (χ0n) is 11.2. The summed E-state index contributed by atoms with van der Waals surface area (Å²) < 4.78 is 0. The lowest BCUT2D eigenvalue weighted by atomic mass is 9.91. The largest absolute Gasteiger partial charge is 0.365 e. The van der Waals surface area contributed by atoms with Gasteiger partial charge in [0.2, 0.25) is 0 Å². The van der Waals surface area contributed by atoms with Gasteiger partial charge in [0.25, 0.3) is 5.69 Å². The van der Waals surface area contributed by atoms with Crippen LogP contribution < -0.4 is 4.90 Å². The van der Waals surface area contributed by atoms with Gasteiger partial charge in [-0.25, -0.2) is 0 Å². The Morgan fingerprint density at radius 3 is 2.53 bits per heavy atom. The Kier molecular flexibility index (Phi) is 3.70. The van der Waals surface area contributed by atoms with Gasteiger partial charge in [0, 0.05) is 19.2 Å². The number of rotatable bonds is 2. The summed E-state index contributed by atoms with van der Waals surface area (Å²) >= 11 is 0. The summed E-state index contributed by atoms with van der Waals surface area (Å²) in [4.78, 5) is 12.8. The molecule has 1 aliphatic heterocycles. The fourth-order valence-electron chi connectivity index (χ4n) is 2.87. The van der Waals surface area contributed by atoms with Crippen LogP contribution in [0.4, 0.5) is 11.4 Å². The predicted molar refractivity (Wildman–Crippen MR) is 73.0 cm³/mol. The summed E-state index contributed by atoms with van der Waals surface area (Å²) in [5, 5.41) is 20.0. The van der Waals surface area contributed by atoms with Crippen molar-refractivity contribution in [3.63, 3.8) is 0 Å². The van der Waals surface area contributed by atoms with Crippen LogP contribution in [0.15, 0.2) is 18.2 Å². The molecule has 0 spiro atoms. The van der Waals surface area contributed by atoms with Crippen molar-refractivity contribution in [2.24, 2.45) is 11.8 Å². The van der Waals surface area contributed by atoms with Crippen LogP contribution in [0.5, 0.6) is 0 Å². The highest BCUT2D eigenvalue weighted by atomic mass is 16.6. The number of hydrogen-bond acceptors (Lipinski definition) is 4. The average Bonchev–Trinajstić information content (AvgIpc) is 2.36. The van der Waals surface area contributed by atoms with E-state index in [0.29, 0.717) is 23.1 Å². The molecule has 2 rings (SSSR count). The maximum absolute atomic E-state index is 11.2. The van der Waals surface area contributed by atoms with Crippen LogP contribution in [-0.4, -0.2) is 18.0 Å². The molecule has 100 valence electrons. The standard InChI is InChI=1S/C14H17N3O2/c1-10-5-11(2)9-16(8-10)13-4-3-12(7-15)6-14(13)17(18)19/h3-4,6,10-11H,5,8-9H2,1-2H3/t10-,11-/m1/s1. The Labute approximate surface area is 112 Å². The Balaban J connectivity index is 2.38. The van der Waals surface area contributed by atoms with Gasteiger partial charge >= 0.3 is 0 Å². The minimum atomic E-state index is -0.403. The normalized spacial score (nSPS) is 22.9. The minimum absolute atomic E-state index is 0.0281. The molecule has 1 aromatic carbocycles. The number of nitriles is 1. The lowest BCUT2D eigenvalue weighted by Crippen LogP contribution is -2.39. The van der Waals surface area contributed by atoms with E-state index < -0.39 is 4.92 Å². The molecule has 5 nitrogen and oxygen atoms in total. The first-order chi connectivity index (χ1) is 9.01. The van der Waals surface area contributed by atoms with Gasteiger partial charge in [0.1, 0.15) is 5.69 Å². The van der Waals surface area contributed by atoms with Crippen LogP contribution in [0.3, 0.4) is 0 Å². The number of nitro benzene ring substituents is 1. The molecule has 1 fully saturated rings. The Morgan fingerprint density at radius 2 is 2.00 bits per heavy atom. The van der Waals surface area contributed by atoms with Crippen molar-refractivity contribution >= 4 is 11.4 Å². The lowest BCUT2D eigenvalue weighted by Gasteiger charge is -2.36. The maximum Gasteiger partial charge on any atom is 0.293 e. The molecule has 1 aromatic rings. The van der Waals surface area contributed by atoms with Gasteiger partial charge < -0.3 is 4.90 Å². The second kappa shape index (κ2) is 5.27. The average molecular weight is 259 g/mol. The molecule has 0 radical (unpaired) electrons. The van der Waals surface area contributed by atoms with Crippen LogP contribution in [0, 0.1) is 33.3 Å². The van der Waals surface area contributed by atoms with Gasteiger partial charge in [0.05, 0.1) is 16.6 Å². The number of nitrogens with zero attached hydrogens (tertiary/aromatic N) is 3. The van der Waals surface area contributed by atoms with Crippen molar-refractivity contribution in [2.45, 2.75) is 20.3 Å². The van der Waals surface area contributed by atoms with Crippen LogP contribution in [0.25, 0.3) is 0 Å². The number of nitro groups is 1. The second-order valence-corrected chi connectivity index (χ2v) is 5.42. The molecule has 0 aromatic heterocycles. The summed E-state index contributed by atoms with van der Waals surface area (Å²) in [7, 11) is 0. The predicted octanol–water partition coefficient (Wildman–Crippen LogP) is 2.95. The van der Waals surface area contributed by atoms with Gasteiger partial charge in [-0.1, -0.05) is 13.8 Å². The Morgan fingerprint density at radius 1 is 1.37 bits per heavy atom. The van der Waals surface area contributed by atoms with Crippen molar-refractivity contribution < 1.29 is 4.92 Å². The highest BCUT2D eigenvalue weighted by molar-refractivity contribution is 5.65. The fraction of sp³-hybridized carbons (Fsp3) is 0.500. The van der Waals surface area contributed by atoms with E-state index in [0.717, 1.165) is 19.5 Å². The van der Waals surface area contributed by atoms with Gasteiger partial charge in [-0.3, -0.25) is 10.1 Å². The molecule has 0 aliphatic carbocycles. The molecule has 19 heavy (non-hydrogen) atoms. The van der Waals surface area contributed by atoms with Gasteiger partial charge in [-0.05, 0) is 30.4 Å². The molecule has 2 atom stereocenters. The Bertz CT molecular complexity index is 526. The highest BCUT2D eigenvalue weighted by Gasteiger charge is 2.27.